The molecule has 5 fully saturated rings. The van der Waals surface area contributed by atoms with E-state index in [4.69, 9.17) is 0 Å². The molecule has 2 N–H and O–H groups in total. The number of carbonyl (C=O) groups excluding carboxylic acids is 2. The third kappa shape index (κ3) is 3.14. The van der Waals surface area contributed by atoms with Crippen LogP contribution >= 0.6 is 0 Å². The summed E-state index contributed by atoms with van der Waals surface area (Å²) in [6.07, 6.45) is 6.59. The molecule has 4 bridgehead atoms. The van der Waals surface area contributed by atoms with Crippen LogP contribution in [-0.4, -0.2) is 33.0 Å². The number of carbonyl (C=O) groups is 2. The topological polar surface area (TPSA) is 71.3 Å². The molecule has 5 aliphatic carbocycles. The molecule has 2 unspecified atom stereocenters. The minimum atomic E-state index is -0.552. The first-order valence-corrected chi connectivity index (χ1v) is 11.8. The summed E-state index contributed by atoms with van der Waals surface area (Å²) in [7, 11) is 1.73. The molecular formula is C26H29FN2O3. The Kier molecular flexibility index (Phi) is 4.42. The lowest BCUT2D eigenvalue weighted by Gasteiger charge is -2.58. The van der Waals surface area contributed by atoms with Gasteiger partial charge in [0.25, 0.3) is 5.91 Å². The van der Waals surface area contributed by atoms with Crippen LogP contribution in [0, 0.1) is 23.6 Å². The lowest BCUT2D eigenvalue weighted by atomic mass is 9.52. The lowest BCUT2D eigenvalue weighted by Crippen LogP contribution is -2.61. The number of aromatic nitrogens is 1. The van der Waals surface area contributed by atoms with Gasteiger partial charge in [0.05, 0.1) is 16.9 Å². The van der Waals surface area contributed by atoms with Gasteiger partial charge < -0.3 is 15.0 Å². The molecule has 5 nitrogen and oxygen atoms in total. The fourth-order valence-corrected chi connectivity index (χ4v) is 7.05. The Labute approximate surface area is 187 Å². The number of rotatable bonds is 5. The molecule has 0 spiro atoms. The molecule has 32 heavy (non-hydrogen) atoms. The van der Waals surface area contributed by atoms with Gasteiger partial charge in [-0.2, -0.15) is 0 Å². The number of nitrogens with zero attached hydrogens (tertiary/aromatic N) is 1. The van der Waals surface area contributed by atoms with E-state index in [1.807, 2.05) is 0 Å². The van der Waals surface area contributed by atoms with Crippen molar-refractivity contribution in [2.45, 2.75) is 62.5 Å². The number of amides is 1. The van der Waals surface area contributed by atoms with Crippen LogP contribution in [0.4, 0.5) is 4.39 Å². The second-order valence-corrected chi connectivity index (χ2v) is 10.7. The molecule has 0 radical (unpaired) electrons. The Bertz CT molecular complexity index is 1100. The van der Waals surface area contributed by atoms with Crippen LogP contribution in [0.5, 0.6) is 0 Å². The first-order valence-electron chi connectivity index (χ1n) is 11.8. The Balaban J connectivity index is 1.31. The maximum absolute atomic E-state index is 14.3. The van der Waals surface area contributed by atoms with E-state index in [2.05, 4.69) is 5.32 Å². The van der Waals surface area contributed by atoms with Crippen molar-refractivity contribution in [3.05, 3.63) is 58.7 Å². The molecule has 5 aliphatic rings. The van der Waals surface area contributed by atoms with Gasteiger partial charge in [-0.1, -0.05) is 12.1 Å². The van der Waals surface area contributed by atoms with Gasteiger partial charge in [-0.3, -0.25) is 9.59 Å². The molecule has 0 saturated heterocycles. The molecule has 5 saturated carbocycles. The second-order valence-electron chi connectivity index (χ2n) is 10.7. The van der Waals surface area contributed by atoms with Gasteiger partial charge in [0.1, 0.15) is 11.5 Å². The van der Waals surface area contributed by atoms with Crippen molar-refractivity contribution in [2.24, 2.45) is 24.8 Å². The summed E-state index contributed by atoms with van der Waals surface area (Å²) in [5.74, 6) is 0.397. The van der Waals surface area contributed by atoms with Crippen molar-refractivity contribution in [1.29, 1.82) is 0 Å². The Morgan fingerprint density at radius 2 is 1.81 bits per heavy atom. The van der Waals surface area contributed by atoms with Crippen LogP contribution in [0.15, 0.2) is 30.3 Å². The van der Waals surface area contributed by atoms with E-state index in [-0.39, 0.29) is 23.4 Å². The van der Waals surface area contributed by atoms with Crippen molar-refractivity contribution in [2.75, 3.05) is 0 Å². The fraction of sp³-hybridized carbons (Fsp3) is 0.538. The van der Waals surface area contributed by atoms with Crippen molar-refractivity contribution < 1.29 is 19.1 Å². The molecule has 1 aromatic heterocycles. The van der Waals surface area contributed by atoms with Crippen LogP contribution in [0.3, 0.4) is 0 Å². The van der Waals surface area contributed by atoms with Crippen molar-refractivity contribution >= 4 is 11.7 Å². The predicted octanol–water partition coefficient (Wildman–Crippen LogP) is 3.94. The predicted molar refractivity (Wildman–Crippen MR) is 117 cm³/mol. The molecule has 7 rings (SSSR count). The second kappa shape index (κ2) is 7.01. The molecule has 1 amide bonds. The summed E-state index contributed by atoms with van der Waals surface area (Å²) in [5, 5.41) is 14.2. The normalized spacial score (nSPS) is 32.8. The summed E-state index contributed by atoms with van der Waals surface area (Å²) in [5.41, 5.74) is 1.26. The van der Waals surface area contributed by atoms with Crippen LogP contribution in [-0.2, 0) is 7.05 Å². The van der Waals surface area contributed by atoms with E-state index in [0.717, 1.165) is 50.5 Å². The highest BCUT2D eigenvalue weighted by Gasteiger charge is 2.55. The summed E-state index contributed by atoms with van der Waals surface area (Å²) in [4.78, 5) is 26.7. The number of aliphatic hydroxyl groups is 1. The zero-order chi connectivity index (χ0) is 22.2. The average Bonchev–Trinajstić information content (AvgIpc) is 3.52. The van der Waals surface area contributed by atoms with Crippen molar-refractivity contribution in [3.8, 4) is 0 Å². The van der Waals surface area contributed by atoms with Gasteiger partial charge in [-0.05, 0) is 92.4 Å². The van der Waals surface area contributed by atoms with E-state index in [9.17, 15) is 19.1 Å². The zero-order valence-electron chi connectivity index (χ0n) is 18.3. The van der Waals surface area contributed by atoms with E-state index in [0.29, 0.717) is 29.1 Å². The Morgan fingerprint density at radius 3 is 2.44 bits per heavy atom. The zero-order valence-corrected chi connectivity index (χ0v) is 18.3. The van der Waals surface area contributed by atoms with Gasteiger partial charge >= 0.3 is 0 Å². The van der Waals surface area contributed by atoms with E-state index in [1.54, 1.807) is 29.8 Å². The van der Waals surface area contributed by atoms with Gasteiger partial charge in [0.2, 0.25) is 5.78 Å². The lowest BCUT2D eigenvalue weighted by molar-refractivity contribution is -0.137. The van der Waals surface area contributed by atoms with E-state index in [1.165, 1.54) is 12.1 Å². The Morgan fingerprint density at radius 1 is 1.12 bits per heavy atom. The summed E-state index contributed by atoms with van der Waals surface area (Å²) < 4.78 is 15.9. The molecule has 1 heterocycles. The van der Waals surface area contributed by atoms with Gasteiger partial charge in [0, 0.05) is 13.1 Å². The van der Waals surface area contributed by atoms with E-state index >= 15 is 0 Å². The molecular weight excluding hydrogens is 407 g/mol. The van der Waals surface area contributed by atoms with Crippen LogP contribution in [0.25, 0.3) is 0 Å². The Hall–Kier alpha value is -2.47. The maximum atomic E-state index is 14.3. The minimum Gasteiger partial charge on any atom is -0.390 e. The quantitative estimate of drug-likeness (QED) is 0.698. The van der Waals surface area contributed by atoms with Crippen LogP contribution in [0.1, 0.15) is 83.0 Å². The number of nitrogens with one attached hydrogen (secondary N) is 1. The molecule has 168 valence electrons. The van der Waals surface area contributed by atoms with Gasteiger partial charge in [-0.15, -0.1) is 0 Å². The van der Waals surface area contributed by atoms with Crippen molar-refractivity contribution in [1.82, 2.24) is 9.88 Å². The third-order valence-electron chi connectivity index (χ3n) is 8.38. The molecule has 2 atom stereocenters. The third-order valence-corrected chi connectivity index (χ3v) is 8.38. The fourth-order valence-electron chi connectivity index (χ4n) is 7.05. The summed E-state index contributed by atoms with van der Waals surface area (Å²) in [6.45, 7) is 0. The monoisotopic (exact) mass is 436 g/mol. The van der Waals surface area contributed by atoms with Crippen LogP contribution in [0.2, 0.25) is 0 Å². The SMILES string of the molecule is Cn1c(C(=O)c2ccccc2F)cc(C2CC2)c1C(=O)N[C@H]1C2CC3CC1C[C@](O)(C3)C2. The number of ketones is 1. The molecule has 0 aliphatic heterocycles. The van der Waals surface area contributed by atoms with Crippen molar-refractivity contribution in [3.63, 3.8) is 0 Å². The number of hydrogen-bond donors (Lipinski definition) is 2. The van der Waals surface area contributed by atoms with Gasteiger partial charge in [0.15, 0.2) is 0 Å². The minimum absolute atomic E-state index is 0.0247. The standard InChI is InChI=1S/C26H29FN2O3/c1-29-21(24(30)18-4-2-3-5-20(18)27)10-19(15-6-7-15)23(29)25(31)28-22-16-8-14-9-17(22)13-26(32,11-14)12-16/h2-5,10,14-17,22,32H,6-9,11-13H2,1H3,(H,28,31)/t14?,16?,17?,22-,26-. The van der Waals surface area contributed by atoms with E-state index < -0.39 is 17.2 Å². The summed E-state index contributed by atoms with van der Waals surface area (Å²) in [6, 6.07) is 7.85. The first kappa shape index (κ1) is 20.2. The highest BCUT2D eigenvalue weighted by Crippen LogP contribution is 2.55. The first-order chi connectivity index (χ1) is 15.3. The number of benzene rings is 1. The molecule has 6 heteroatoms. The molecule has 1 aromatic carbocycles. The number of hydrogen-bond acceptors (Lipinski definition) is 3. The highest BCUT2D eigenvalue weighted by atomic mass is 19.1. The summed E-state index contributed by atoms with van der Waals surface area (Å²) >= 11 is 0. The van der Waals surface area contributed by atoms with Gasteiger partial charge in [-0.25, -0.2) is 4.39 Å². The largest absolute Gasteiger partial charge is 0.390 e. The average molecular weight is 437 g/mol. The number of halogens is 1. The smallest absolute Gasteiger partial charge is 0.268 e. The van der Waals surface area contributed by atoms with Crippen LogP contribution < -0.4 is 5.32 Å². The highest BCUT2D eigenvalue weighted by molar-refractivity contribution is 6.09. The molecule has 2 aromatic rings. The maximum Gasteiger partial charge on any atom is 0.268 e.